The third-order valence-corrected chi connectivity index (χ3v) is 7.95. The molecular formula is C27H28N2O5S2. The van der Waals surface area contributed by atoms with Crippen molar-refractivity contribution in [1.82, 2.24) is 10.2 Å². The number of ether oxygens (including phenoxy) is 1. The molecule has 2 N–H and O–H groups in total. The maximum atomic E-state index is 12.5. The summed E-state index contributed by atoms with van der Waals surface area (Å²) in [6.07, 6.45) is -0.576. The first-order valence-corrected chi connectivity index (χ1v) is 13.7. The lowest BCUT2D eigenvalue weighted by Crippen LogP contribution is -2.41. The van der Waals surface area contributed by atoms with Gasteiger partial charge in [0.25, 0.3) is 0 Å². The van der Waals surface area contributed by atoms with Crippen LogP contribution in [0.25, 0.3) is 11.1 Å². The van der Waals surface area contributed by atoms with E-state index in [0.29, 0.717) is 12.3 Å². The number of carboxylic acid groups (broad SMARTS) is 1. The highest BCUT2D eigenvalue weighted by atomic mass is 32.2. The summed E-state index contributed by atoms with van der Waals surface area (Å²) in [6, 6.07) is 18.9. The van der Waals surface area contributed by atoms with E-state index in [9.17, 15) is 19.5 Å². The topological polar surface area (TPSA) is 95.9 Å². The number of hydrogen-bond donors (Lipinski definition) is 2. The van der Waals surface area contributed by atoms with E-state index < -0.39 is 18.1 Å². The van der Waals surface area contributed by atoms with E-state index in [1.807, 2.05) is 53.9 Å². The predicted molar refractivity (Wildman–Crippen MR) is 142 cm³/mol. The highest BCUT2D eigenvalue weighted by molar-refractivity contribution is 7.99. The van der Waals surface area contributed by atoms with Gasteiger partial charge >= 0.3 is 12.1 Å². The molecule has 7 nitrogen and oxygen atoms in total. The fourth-order valence-electron chi connectivity index (χ4n) is 4.24. The SMILES string of the molecule is CN(Cc1cccs1)C(=O)CSCCC(NC(=O)OCC1c2ccccc2-c2ccccc21)C(=O)O. The summed E-state index contributed by atoms with van der Waals surface area (Å²) in [7, 11) is 1.75. The Balaban J connectivity index is 1.23. The molecule has 2 aromatic carbocycles. The summed E-state index contributed by atoms with van der Waals surface area (Å²) < 4.78 is 5.47. The zero-order valence-corrected chi connectivity index (χ0v) is 21.5. The monoisotopic (exact) mass is 524 g/mol. The molecule has 0 aliphatic heterocycles. The number of thiophene rings is 1. The number of nitrogens with one attached hydrogen (secondary N) is 1. The molecule has 2 amide bonds. The Morgan fingerprint density at radius 2 is 1.72 bits per heavy atom. The van der Waals surface area contributed by atoms with E-state index in [4.69, 9.17) is 4.74 Å². The van der Waals surface area contributed by atoms with Gasteiger partial charge in [0.2, 0.25) is 5.91 Å². The van der Waals surface area contributed by atoms with Crippen molar-refractivity contribution in [2.75, 3.05) is 25.2 Å². The van der Waals surface area contributed by atoms with E-state index >= 15 is 0 Å². The third kappa shape index (κ3) is 6.27. The number of carboxylic acids is 1. The smallest absolute Gasteiger partial charge is 0.407 e. The third-order valence-electron chi connectivity index (χ3n) is 6.11. The fourth-order valence-corrected chi connectivity index (χ4v) is 5.93. The molecule has 1 aliphatic carbocycles. The predicted octanol–water partition coefficient (Wildman–Crippen LogP) is 4.82. The van der Waals surface area contributed by atoms with Crippen molar-refractivity contribution in [3.8, 4) is 11.1 Å². The average Bonchev–Trinajstić information content (AvgIpc) is 3.50. The summed E-state index contributed by atoms with van der Waals surface area (Å²) in [5, 5.41) is 14.0. The summed E-state index contributed by atoms with van der Waals surface area (Å²) >= 11 is 2.95. The van der Waals surface area contributed by atoms with Crippen LogP contribution in [0.3, 0.4) is 0 Å². The van der Waals surface area contributed by atoms with Gasteiger partial charge in [0.05, 0.1) is 12.3 Å². The number of aliphatic carboxylic acids is 1. The van der Waals surface area contributed by atoms with Crippen molar-refractivity contribution < 1.29 is 24.2 Å². The van der Waals surface area contributed by atoms with Crippen LogP contribution in [-0.4, -0.2) is 59.2 Å². The Morgan fingerprint density at radius 3 is 2.33 bits per heavy atom. The first-order valence-electron chi connectivity index (χ1n) is 11.6. The van der Waals surface area contributed by atoms with E-state index in [1.54, 1.807) is 23.3 Å². The van der Waals surface area contributed by atoms with E-state index in [0.717, 1.165) is 27.1 Å². The van der Waals surface area contributed by atoms with Gasteiger partial charge in [0, 0.05) is 17.8 Å². The van der Waals surface area contributed by atoms with Crippen LogP contribution >= 0.6 is 23.1 Å². The molecule has 1 unspecified atom stereocenters. The van der Waals surface area contributed by atoms with Gasteiger partial charge in [-0.3, -0.25) is 4.79 Å². The van der Waals surface area contributed by atoms with Gasteiger partial charge in [-0.2, -0.15) is 11.8 Å². The number of carbonyl (C=O) groups is 3. The molecule has 0 fully saturated rings. The second kappa shape index (κ2) is 12.1. The Morgan fingerprint density at radius 1 is 1.06 bits per heavy atom. The van der Waals surface area contributed by atoms with Crippen LogP contribution < -0.4 is 5.32 Å². The van der Waals surface area contributed by atoms with Gasteiger partial charge in [0.15, 0.2) is 0 Å². The molecule has 0 radical (unpaired) electrons. The standard InChI is InChI=1S/C27H28N2O5S2/c1-29(15-18-7-6-13-36-18)25(30)17-35-14-12-24(26(31)32)28-27(33)34-16-23-21-10-4-2-8-19(21)20-9-3-5-11-22(20)23/h2-11,13,23-24H,12,14-17H2,1H3,(H,28,33)(H,31,32). The minimum absolute atomic E-state index is 0.0234. The van der Waals surface area contributed by atoms with Crippen molar-refractivity contribution in [3.05, 3.63) is 82.0 Å². The normalized spacial score (nSPS) is 12.9. The van der Waals surface area contributed by atoms with Gasteiger partial charge in [-0.25, -0.2) is 9.59 Å². The number of fused-ring (bicyclic) bond motifs is 3. The van der Waals surface area contributed by atoms with Gasteiger partial charge in [-0.15, -0.1) is 11.3 Å². The Kier molecular flexibility index (Phi) is 8.66. The average molecular weight is 525 g/mol. The summed E-state index contributed by atoms with van der Waals surface area (Å²) in [5.74, 6) is -0.590. The molecule has 1 atom stereocenters. The van der Waals surface area contributed by atoms with Crippen LogP contribution in [0.2, 0.25) is 0 Å². The van der Waals surface area contributed by atoms with Crippen molar-refractivity contribution >= 4 is 41.1 Å². The van der Waals surface area contributed by atoms with Gasteiger partial charge in [-0.05, 0) is 45.9 Å². The Bertz CT molecular complexity index is 1170. The van der Waals surface area contributed by atoms with Crippen LogP contribution in [0.4, 0.5) is 4.79 Å². The number of alkyl carbamates (subject to hydrolysis) is 1. The second-order valence-electron chi connectivity index (χ2n) is 8.53. The molecule has 1 aromatic heterocycles. The number of benzene rings is 2. The highest BCUT2D eigenvalue weighted by Gasteiger charge is 2.29. The Labute approximate surface area is 218 Å². The van der Waals surface area contributed by atoms with Gasteiger partial charge in [0.1, 0.15) is 12.6 Å². The zero-order valence-electron chi connectivity index (χ0n) is 19.9. The van der Waals surface area contributed by atoms with Gasteiger partial charge in [-0.1, -0.05) is 54.6 Å². The second-order valence-corrected chi connectivity index (χ2v) is 10.7. The number of amides is 2. The molecule has 0 bridgehead atoms. The molecule has 3 aromatic rings. The van der Waals surface area contributed by atoms with Gasteiger partial charge < -0.3 is 20.1 Å². The number of nitrogens with zero attached hydrogens (tertiary/aromatic N) is 1. The largest absolute Gasteiger partial charge is 0.480 e. The van der Waals surface area contributed by atoms with Crippen LogP contribution in [0.5, 0.6) is 0 Å². The minimum atomic E-state index is -1.13. The van der Waals surface area contributed by atoms with Crippen molar-refractivity contribution in [2.24, 2.45) is 0 Å². The lowest BCUT2D eigenvalue weighted by molar-refractivity contribution is -0.139. The number of hydrogen-bond acceptors (Lipinski definition) is 6. The van der Waals surface area contributed by atoms with Crippen LogP contribution in [0, 0.1) is 0 Å². The number of thioether (sulfide) groups is 1. The first-order chi connectivity index (χ1) is 17.4. The fraction of sp³-hybridized carbons (Fsp3) is 0.296. The summed E-state index contributed by atoms with van der Waals surface area (Å²) in [5.41, 5.74) is 4.43. The van der Waals surface area contributed by atoms with Crippen LogP contribution in [0.15, 0.2) is 66.0 Å². The lowest BCUT2D eigenvalue weighted by atomic mass is 9.98. The van der Waals surface area contributed by atoms with E-state index in [-0.39, 0.29) is 30.6 Å². The van der Waals surface area contributed by atoms with Crippen molar-refractivity contribution in [2.45, 2.75) is 24.9 Å². The lowest BCUT2D eigenvalue weighted by Gasteiger charge is -2.18. The van der Waals surface area contributed by atoms with E-state index in [2.05, 4.69) is 17.4 Å². The molecule has 1 heterocycles. The molecule has 0 saturated heterocycles. The van der Waals surface area contributed by atoms with Crippen molar-refractivity contribution in [3.63, 3.8) is 0 Å². The van der Waals surface area contributed by atoms with Crippen LogP contribution in [-0.2, 0) is 20.9 Å². The highest BCUT2D eigenvalue weighted by Crippen LogP contribution is 2.44. The number of rotatable bonds is 11. The molecule has 36 heavy (non-hydrogen) atoms. The minimum Gasteiger partial charge on any atom is -0.480 e. The first kappa shape index (κ1) is 25.8. The Hall–Kier alpha value is -3.30. The van der Waals surface area contributed by atoms with E-state index in [1.165, 1.54) is 11.8 Å². The zero-order chi connectivity index (χ0) is 25.5. The maximum Gasteiger partial charge on any atom is 0.407 e. The molecule has 9 heteroatoms. The quantitative estimate of drug-likeness (QED) is 0.349. The molecule has 0 spiro atoms. The molecule has 0 saturated carbocycles. The maximum absolute atomic E-state index is 12.5. The molecule has 1 aliphatic rings. The van der Waals surface area contributed by atoms with Crippen LogP contribution in [0.1, 0.15) is 28.3 Å². The summed E-state index contributed by atoms with van der Waals surface area (Å²) in [6.45, 7) is 0.671. The number of carbonyl (C=O) groups excluding carboxylic acids is 2. The molecule has 4 rings (SSSR count). The molecule has 188 valence electrons. The molecular weight excluding hydrogens is 496 g/mol. The van der Waals surface area contributed by atoms with Crippen molar-refractivity contribution in [1.29, 1.82) is 0 Å². The summed E-state index contributed by atoms with van der Waals surface area (Å²) in [4.78, 5) is 39.2.